The zero-order valence-electron chi connectivity index (χ0n) is 17.1. The summed E-state index contributed by atoms with van der Waals surface area (Å²) in [6.07, 6.45) is 6.88. The van der Waals surface area contributed by atoms with E-state index >= 15 is 0 Å². The molecule has 2 aromatic heterocycles. The van der Waals surface area contributed by atoms with Gasteiger partial charge in [0.05, 0.1) is 30.4 Å². The van der Waals surface area contributed by atoms with E-state index in [4.69, 9.17) is 0 Å². The molecule has 1 fully saturated rings. The molecule has 0 aliphatic carbocycles. The Bertz CT molecular complexity index is 1060. The van der Waals surface area contributed by atoms with Crippen molar-refractivity contribution >= 4 is 15.7 Å². The summed E-state index contributed by atoms with van der Waals surface area (Å²) in [5, 5.41) is 0.155. The Morgan fingerprint density at radius 2 is 1.70 bits per heavy atom. The molecule has 0 unspecified atom stereocenters. The molecule has 1 aromatic carbocycles. The number of hydrogen-bond donors (Lipinski definition) is 0. The highest BCUT2D eigenvalue weighted by Crippen LogP contribution is 2.19. The van der Waals surface area contributed by atoms with Gasteiger partial charge in [-0.3, -0.25) is 9.88 Å². The number of aromatic nitrogens is 4. The van der Waals surface area contributed by atoms with Gasteiger partial charge >= 0.3 is 0 Å². The summed E-state index contributed by atoms with van der Waals surface area (Å²) in [6, 6.07) is 9.90. The van der Waals surface area contributed by atoms with Crippen molar-refractivity contribution in [2.75, 3.05) is 36.8 Å². The minimum Gasteiger partial charge on any atom is -0.353 e. The lowest BCUT2D eigenvalue weighted by atomic mass is 10.2. The Morgan fingerprint density at radius 1 is 0.933 bits per heavy atom. The number of anilines is 1. The highest BCUT2D eigenvalue weighted by Gasteiger charge is 2.24. The monoisotopic (exact) mass is 426 g/mol. The molecule has 0 saturated carbocycles. The summed E-state index contributed by atoms with van der Waals surface area (Å²) < 4.78 is 27.1. The van der Waals surface area contributed by atoms with E-state index in [-0.39, 0.29) is 10.9 Å². The summed E-state index contributed by atoms with van der Waals surface area (Å²) in [5.41, 5.74) is 1.97. The van der Waals surface area contributed by atoms with Crippen LogP contribution in [0.1, 0.15) is 18.2 Å². The molecule has 8 nitrogen and oxygen atoms in total. The van der Waals surface area contributed by atoms with E-state index in [9.17, 15) is 8.42 Å². The van der Waals surface area contributed by atoms with Gasteiger partial charge in [-0.05, 0) is 5.56 Å². The van der Waals surface area contributed by atoms with Crippen molar-refractivity contribution in [3.8, 4) is 0 Å². The third-order valence-corrected chi connectivity index (χ3v) is 7.02. The normalized spacial score (nSPS) is 15.4. The fourth-order valence-corrected chi connectivity index (χ4v) is 4.64. The molecule has 0 amide bonds. The average Bonchev–Trinajstić information content (AvgIpc) is 3.18. The highest BCUT2D eigenvalue weighted by atomic mass is 32.2. The molecule has 0 bridgehead atoms. The summed E-state index contributed by atoms with van der Waals surface area (Å²) >= 11 is 0. The van der Waals surface area contributed by atoms with E-state index in [0.29, 0.717) is 13.1 Å². The number of hydrogen-bond acceptors (Lipinski definition) is 7. The van der Waals surface area contributed by atoms with Crippen LogP contribution in [0.5, 0.6) is 0 Å². The topological polar surface area (TPSA) is 84.2 Å². The molecule has 1 aliphatic heterocycles. The quantitative estimate of drug-likeness (QED) is 0.570. The third kappa shape index (κ3) is 4.52. The van der Waals surface area contributed by atoms with E-state index in [0.717, 1.165) is 43.3 Å². The second-order valence-electron chi connectivity index (χ2n) is 7.33. The van der Waals surface area contributed by atoms with E-state index in [1.165, 1.54) is 0 Å². The first kappa shape index (κ1) is 20.5. The SMILES string of the molecule is CCS(=O)(=O)c1ncc(CN2CCN(c3cnccn3)CC2)n1Cc1ccccc1. The Balaban J connectivity index is 1.51. The molecular formula is C21H26N6O2S. The van der Waals surface area contributed by atoms with Gasteiger partial charge in [-0.2, -0.15) is 0 Å². The van der Waals surface area contributed by atoms with Crippen LogP contribution in [-0.2, 0) is 22.9 Å². The molecule has 0 spiro atoms. The summed E-state index contributed by atoms with van der Waals surface area (Å²) in [5.74, 6) is 0.928. The number of benzene rings is 1. The van der Waals surface area contributed by atoms with Gasteiger partial charge in [-0.1, -0.05) is 37.3 Å². The van der Waals surface area contributed by atoms with Crippen molar-refractivity contribution in [3.63, 3.8) is 0 Å². The average molecular weight is 427 g/mol. The van der Waals surface area contributed by atoms with Gasteiger partial charge < -0.3 is 9.47 Å². The number of piperazine rings is 1. The van der Waals surface area contributed by atoms with Crippen LogP contribution in [0.3, 0.4) is 0 Å². The van der Waals surface area contributed by atoms with Gasteiger partial charge in [0.1, 0.15) is 5.82 Å². The van der Waals surface area contributed by atoms with Crippen molar-refractivity contribution < 1.29 is 8.42 Å². The molecule has 0 atom stereocenters. The molecule has 1 aliphatic rings. The van der Waals surface area contributed by atoms with Crippen molar-refractivity contribution in [3.05, 3.63) is 66.4 Å². The minimum atomic E-state index is -3.40. The molecule has 0 N–H and O–H groups in total. The number of nitrogens with zero attached hydrogens (tertiary/aromatic N) is 6. The number of sulfone groups is 1. The largest absolute Gasteiger partial charge is 0.353 e. The fourth-order valence-electron chi connectivity index (χ4n) is 3.65. The number of rotatable bonds is 7. The first-order valence-electron chi connectivity index (χ1n) is 10.1. The van der Waals surface area contributed by atoms with E-state index in [2.05, 4.69) is 24.8 Å². The maximum Gasteiger partial charge on any atom is 0.228 e. The summed E-state index contributed by atoms with van der Waals surface area (Å²) in [7, 11) is -3.40. The molecule has 3 heterocycles. The van der Waals surface area contributed by atoms with Gasteiger partial charge in [-0.25, -0.2) is 18.4 Å². The van der Waals surface area contributed by atoms with Gasteiger partial charge in [0.2, 0.25) is 15.0 Å². The molecule has 30 heavy (non-hydrogen) atoms. The molecule has 1 saturated heterocycles. The Kier molecular flexibility index (Phi) is 6.10. The second kappa shape index (κ2) is 8.93. The van der Waals surface area contributed by atoms with Gasteiger partial charge in [0.15, 0.2) is 0 Å². The predicted octanol–water partition coefficient (Wildman–Crippen LogP) is 1.84. The summed E-state index contributed by atoms with van der Waals surface area (Å²) in [4.78, 5) is 17.4. The van der Waals surface area contributed by atoms with Crippen molar-refractivity contribution in [1.29, 1.82) is 0 Å². The van der Waals surface area contributed by atoms with Gasteiger partial charge in [0, 0.05) is 45.1 Å². The zero-order valence-corrected chi connectivity index (χ0v) is 17.9. The maximum absolute atomic E-state index is 12.6. The van der Waals surface area contributed by atoms with Crippen molar-refractivity contribution in [2.45, 2.75) is 25.2 Å². The van der Waals surface area contributed by atoms with Crippen LogP contribution in [0.15, 0.2) is 60.3 Å². The Morgan fingerprint density at radius 3 is 2.37 bits per heavy atom. The minimum absolute atomic E-state index is 0.0367. The lowest BCUT2D eigenvalue weighted by molar-refractivity contribution is 0.243. The maximum atomic E-state index is 12.6. The summed E-state index contributed by atoms with van der Waals surface area (Å²) in [6.45, 7) is 6.24. The Hall–Kier alpha value is -2.78. The van der Waals surface area contributed by atoms with Gasteiger partial charge in [0.25, 0.3) is 0 Å². The number of imidazole rings is 1. The van der Waals surface area contributed by atoms with Crippen LogP contribution < -0.4 is 4.90 Å². The van der Waals surface area contributed by atoms with E-state index in [1.807, 2.05) is 34.9 Å². The second-order valence-corrected chi connectivity index (χ2v) is 9.51. The van der Waals surface area contributed by atoms with E-state index < -0.39 is 9.84 Å². The van der Waals surface area contributed by atoms with Crippen molar-refractivity contribution in [1.82, 2.24) is 24.4 Å². The molecule has 0 radical (unpaired) electrons. The zero-order chi connectivity index (χ0) is 21.0. The first-order chi connectivity index (χ1) is 14.6. The van der Waals surface area contributed by atoms with Gasteiger partial charge in [-0.15, -0.1) is 0 Å². The molecular weight excluding hydrogens is 400 g/mol. The molecule has 4 rings (SSSR count). The Labute approximate surface area is 177 Å². The van der Waals surface area contributed by atoms with Crippen LogP contribution in [0.2, 0.25) is 0 Å². The lowest BCUT2D eigenvalue weighted by Crippen LogP contribution is -2.46. The standard InChI is InChI=1S/C21H26N6O2S/c1-2-30(28,29)21-24-14-19(27(21)16-18-6-4-3-5-7-18)17-25-10-12-26(13-11-25)20-15-22-8-9-23-20/h3-9,14-15H,2,10-13,16-17H2,1H3. The molecule has 9 heteroatoms. The van der Waals surface area contributed by atoms with Crippen LogP contribution in [0.4, 0.5) is 5.82 Å². The smallest absolute Gasteiger partial charge is 0.228 e. The van der Waals surface area contributed by atoms with E-state index in [1.54, 1.807) is 31.7 Å². The van der Waals surface area contributed by atoms with Crippen LogP contribution in [0, 0.1) is 0 Å². The highest BCUT2D eigenvalue weighted by molar-refractivity contribution is 7.91. The first-order valence-corrected chi connectivity index (χ1v) is 11.8. The van der Waals surface area contributed by atoms with Crippen molar-refractivity contribution in [2.24, 2.45) is 0 Å². The van der Waals surface area contributed by atoms with Crippen LogP contribution >= 0.6 is 0 Å². The molecule has 3 aromatic rings. The third-order valence-electron chi connectivity index (χ3n) is 5.37. The molecule has 158 valence electrons. The predicted molar refractivity (Wildman–Crippen MR) is 115 cm³/mol. The fraction of sp³-hybridized carbons (Fsp3) is 0.381. The van der Waals surface area contributed by atoms with Crippen LogP contribution in [-0.4, -0.2) is 64.8 Å². The lowest BCUT2D eigenvalue weighted by Gasteiger charge is -2.35. The van der Waals surface area contributed by atoms with Crippen LogP contribution in [0.25, 0.3) is 0 Å².